The molecule has 2 aromatic rings. The molecule has 1 saturated heterocycles. The average molecular weight is 571 g/mol. The second-order valence-electron chi connectivity index (χ2n) is 7.57. The number of alkyl halides is 2. The molecule has 0 aromatic heterocycles. The molecule has 162 valence electrons. The summed E-state index contributed by atoms with van der Waals surface area (Å²) in [6.07, 6.45) is 1.23. The first-order chi connectivity index (χ1) is 14.8. The summed E-state index contributed by atoms with van der Waals surface area (Å²) in [6.45, 7) is 0. The molecule has 4 atom stereocenters. The Morgan fingerprint density at radius 2 is 1.61 bits per heavy atom. The number of amides is 3. The predicted molar refractivity (Wildman–Crippen MR) is 127 cm³/mol. The van der Waals surface area contributed by atoms with Crippen molar-refractivity contribution >= 4 is 72.6 Å². The molecular formula is C22H19Br2ClN2O4. The topological polar surface area (TPSA) is 75.7 Å². The molecule has 1 aliphatic carbocycles. The Kier molecular flexibility index (Phi) is 6.42. The summed E-state index contributed by atoms with van der Waals surface area (Å²) < 4.78 is 5.25. The van der Waals surface area contributed by atoms with Crippen LogP contribution in [0.3, 0.4) is 0 Å². The van der Waals surface area contributed by atoms with Crippen molar-refractivity contribution < 1.29 is 19.1 Å². The molecule has 3 amide bonds. The van der Waals surface area contributed by atoms with Gasteiger partial charge in [-0.2, -0.15) is 0 Å². The number of methoxy groups -OCH3 is 1. The van der Waals surface area contributed by atoms with Gasteiger partial charge in [-0.1, -0.05) is 43.5 Å². The first-order valence-electron chi connectivity index (χ1n) is 9.71. The number of hydrogen-bond donors (Lipinski definition) is 1. The summed E-state index contributed by atoms with van der Waals surface area (Å²) >= 11 is 13.2. The van der Waals surface area contributed by atoms with Crippen LogP contribution in [0.4, 0.5) is 11.4 Å². The van der Waals surface area contributed by atoms with E-state index < -0.39 is 0 Å². The van der Waals surface area contributed by atoms with E-state index in [0.717, 1.165) is 0 Å². The summed E-state index contributed by atoms with van der Waals surface area (Å²) in [6, 6.07) is 11.4. The van der Waals surface area contributed by atoms with Gasteiger partial charge in [0.15, 0.2) is 0 Å². The van der Waals surface area contributed by atoms with Crippen LogP contribution < -0.4 is 15.0 Å². The molecule has 2 fully saturated rings. The number of hydrogen-bond acceptors (Lipinski definition) is 4. The number of anilines is 2. The highest BCUT2D eigenvalue weighted by molar-refractivity contribution is 9.12. The Hall–Kier alpha value is -1.90. The van der Waals surface area contributed by atoms with E-state index in [4.69, 9.17) is 16.3 Å². The van der Waals surface area contributed by atoms with Crippen LogP contribution in [0.25, 0.3) is 0 Å². The van der Waals surface area contributed by atoms with E-state index in [2.05, 4.69) is 37.2 Å². The molecule has 0 bridgehead atoms. The lowest BCUT2D eigenvalue weighted by Crippen LogP contribution is -2.34. The highest BCUT2D eigenvalue weighted by Crippen LogP contribution is 2.44. The lowest BCUT2D eigenvalue weighted by molar-refractivity contribution is -0.122. The van der Waals surface area contributed by atoms with E-state index in [9.17, 15) is 14.4 Å². The van der Waals surface area contributed by atoms with Gasteiger partial charge in [0.1, 0.15) is 5.75 Å². The number of halogens is 3. The molecule has 1 aliphatic heterocycles. The number of ether oxygens (including phenoxy) is 1. The van der Waals surface area contributed by atoms with E-state index in [1.807, 2.05) is 0 Å². The van der Waals surface area contributed by atoms with Gasteiger partial charge in [-0.3, -0.25) is 19.3 Å². The van der Waals surface area contributed by atoms with Crippen LogP contribution >= 0.6 is 43.5 Å². The van der Waals surface area contributed by atoms with Gasteiger partial charge in [0.25, 0.3) is 5.91 Å². The van der Waals surface area contributed by atoms with Crippen LogP contribution in [0.5, 0.6) is 5.75 Å². The largest absolute Gasteiger partial charge is 0.495 e. The Balaban J connectivity index is 1.52. The third-order valence-corrected chi connectivity index (χ3v) is 8.68. The van der Waals surface area contributed by atoms with E-state index >= 15 is 0 Å². The van der Waals surface area contributed by atoms with Gasteiger partial charge in [-0.25, -0.2) is 0 Å². The SMILES string of the molecule is COc1ccc(Cl)cc1NC(=O)c1ccc(N2C(=O)[C@@H]3C[C@H](Br)[C@@H](Br)C[C@H]3C2=O)cc1. The maximum atomic E-state index is 12.9. The van der Waals surface area contributed by atoms with Gasteiger partial charge in [-0.15, -0.1) is 0 Å². The van der Waals surface area contributed by atoms with E-state index in [1.165, 1.54) is 12.0 Å². The minimum atomic E-state index is -0.357. The van der Waals surface area contributed by atoms with Gasteiger partial charge in [0.05, 0.1) is 30.3 Å². The molecule has 1 saturated carbocycles. The second-order valence-corrected chi connectivity index (χ2v) is 10.4. The summed E-state index contributed by atoms with van der Waals surface area (Å²) in [5, 5.41) is 3.24. The number of nitrogens with one attached hydrogen (secondary N) is 1. The molecule has 31 heavy (non-hydrogen) atoms. The van der Waals surface area contributed by atoms with Crippen LogP contribution in [-0.2, 0) is 9.59 Å². The first kappa shape index (κ1) is 22.3. The number of carbonyl (C=O) groups excluding carboxylic acids is 3. The first-order valence-corrected chi connectivity index (χ1v) is 11.9. The van der Waals surface area contributed by atoms with Crippen molar-refractivity contribution in [3.05, 3.63) is 53.1 Å². The van der Waals surface area contributed by atoms with E-state index in [0.29, 0.717) is 40.6 Å². The number of imide groups is 1. The van der Waals surface area contributed by atoms with Crippen LogP contribution in [0, 0.1) is 11.8 Å². The number of fused-ring (bicyclic) bond motifs is 1. The molecule has 1 heterocycles. The molecule has 4 rings (SSSR count). The molecule has 0 unspecified atom stereocenters. The predicted octanol–water partition coefficient (Wildman–Crippen LogP) is 5.03. The fraction of sp³-hybridized carbons (Fsp3) is 0.318. The maximum Gasteiger partial charge on any atom is 0.255 e. The standard InChI is InChI=1S/C22H19Br2ClN2O4/c1-31-19-7-4-12(25)8-18(19)26-20(28)11-2-5-13(6-3-11)27-21(29)14-9-16(23)17(24)10-15(14)22(27)30/h2-8,14-17H,9-10H2,1H3,(H,26,28)/t14-,15-,16+,17+/m1/s1. The summed E-state index contributed by atoms with van der Waals surface area (Å²) in [5.41, 5.74) is 1.30. The smallest absolute Gasteiger partial charge is 0.255 e. The second kappa shape index (κ2) is 8.92. The fourth-order valence-electron chi connectivity index (χ4n) is 4.08. The monoisotopic (exact) mass is 568 g/mol. The zero-order valence-electron chi connectivity index (χ0n) is 16.5. The Morgan fingerprint density at radius 1 is 1.03 bits per heavy atom. The molecule has 9 heteroatoms. The van der Waals surface area contributed by atoms with Gasteiger partial charge < -0.3 is 10.1 Å². The number of carbonyl (C=O) groups is 3. The quantitative estimate of drug-likeness (QED) is 0.414. The van der Waals surface area contributed by atoms with E-state index in [-0.39, 0.29) is 39.2 Å². The molecular weight excluding hydrogens is 552 g/mol. The van der Waals surface area contributed by atoms with Crippen LogP contribution in [0.2, 0.25) is 5.02 Å². The van der Waals surface area contributed by atoms with Crippen molar-refractivity contribution in [2.75, 3.05) is 17.3 Å². The van der Waals surface area contributed by atoms with Crippen molar-refractivity contribution in [2.45, 2.75) is 22.5 Å². The third kappa shape index (κ3) is 4.25. The van der Waals surface area contributed by atoms with Crippen molar-refractivity contribution in [3.63, 3.8) is 0 Å². The molecule has 2 aromatic carbocycles. The van der Waals surface area contributed by atoms with Gasteiger partial charge in [0, 0.05) is 20.2 Å². The Morgan fingerprint density at radius 3 is 2.16 bits per heavy atom. The lowest BCUT2D eigenvalue weighted by Gasteiger charge is -2.29. The average Bonchev–Trinajstić information content (AvgIpc) is 2.98. The minimum absolute atomic E-state index is 0.153. The fourth-order valence-corrected chi connectivity index (χ4v) is 5.49. The van der Waals surface area contributed by atoms with Gasteiger partial charge in [0.2, 0.25) is 11.8 Å². The van der Waals surface area contributed by atoms with Crippen molar-refractivity contribution in [1.82, 2.24) is 0 Å². The van der Waals surface area contributed by atoms with E-state index in [1.54, 1.807) is 42.5 Å². The third-order valence-electron chi connectivity index (χ3n) is 5.71. The molecule has 1 N–H and O–H groups in total. The Labute approximate surface area is 201 Å². The highest BCUT2D eigenvalue weighted by atomic mass is 79.9. The minimum Gasteiger partial charge on any atom is -0.495 e. The van der Waals surface area contributed by atoms with Crippen LogP contribution in [0.1, 0.15) is 23.2 Å². The van der Waals surface area contributed by atoms with Gasteiger partial charge in [-0.05, 0) is 55.3 Å². The number of nitrogens with zero attached hydrogens (tertiary/aromatic N) is 1. The van der Waals surface area contributed by atoms with Crippen molar-refractivity contribution in [2.24, 2.45) is 11.8 Å². The molecule has 2 aliphatic rings. The lowest BCUT2D eigenvalue weighted by atomic mass is 9.81. The summed E-state index contributed by atoms with van der Waals surface area (Å²) in [7, 11) is 1.50. The summed E-state index contributed by atoms with van der Waals surface area (Å²) in [4.78, 5) is 40.1. The highest BCUT2D eigenvalue weighted by Gasteiger charge is 2.52. The van der Waals surface area contributed by atoms with Crippen molar-refractivity contribution in [3.8, 4) is 5.75 Å². The van der Waals surface area contributed by atoms with Crippen LogP contribution in [-0.4, -0.2) is 34.5 Å². The Bertz CT molecular complexity index is 1020. The zero-order chi connectivity index (χ0) is 22.3. The summed E-state index contributed by atoms with van der Waals surface area (Å²) in [5.74, 6) is -0.864. The molecule has 0 radical (unpaired) electrons. The van der Waals surface area contributed by atoms with Crippen LogP contribution in [0.15, 0.2) is 42.5 Å². The van der Waals surface area contributed by atoms with Crippen molar-refractivity contribution in [1.29, 1.82) is 0 Å². The molecule has 6 nitrogen and oxygen atoms in total. The number of benzene rings is 2. The zero-order valence-corrected chi connectivity index (χ0v) is 20.4. The van der Waals surface area contributed by atoms with Gasteiger partial charge >= 0.3 is 0 Å². The number of rotatable bonds is 4. The molecule has 0 spiro atoms. The maximum absolute atomic E-state index is 12.9. The normalized spacial score (nSPS) is 25.4.